The molecule has 1 aromatic heterocycles. The van der Waals surface area contributed by atoms with Crippen LogP contribution in [-0.4, -0.2) is 29.1 Å². The quantitative estimate of drug-likeness (QED) is 0.863. The van der Waals surface area contributed by atoms with Crippen molar-refractivity contribution in [2.45, 2.75) is 32.4 Å². The van der Waals surface area contributed by atoms with Crippen LogP contribution in [0.2, 0.25) is 0 Å². The molecule has 0 aliphatic carbocycles. The molecule has 1 aliphatic rings. The van der Waals surface area contributed by atoms with Crippen molar-refractivity contribution < 1.29 is 9.13 Å². The van der Waals surface area contributed by atoms with E-state index < -0.39 is 0 Å². The second kappa shape index (κ2) is 6.88. The van der Waals surface area contributed by atoms with Crippen molar-refractivity contribution >= 4 is 0 Å². The Hall–Kier alpha value is -1.94. The zero-order valence-electron chi connectivity index (χ0n) is 12.8. The lowest BCUT2D eigenvalue weighted by Crippen LogP contribution is -2.37. The molecule has 22 heavy (non-hydrogen) atoms. The number of halogens is 1. The number of likely N-dealkylation sites (tertiary alicyclic amines) is 1. The normalized spacial score (nSPS) is 16.6. The molecule has 1 aromatic carbocycles. The highest BCUT2D eigenvalue weighted by Gasteiger charge is 2.20. The maximum Gasteiger partial charge on any atom is 0.137 e. The minimum absolute atomic E-state index is 0.132. The van der Waals surface area contributed by atoms with Gasteiger partial charge in [-0.25, -0.2) is 4.39 Å². The number of hydrogen-bond donors (Lipinski definition) is 0. The van der Waals surface area contributed by atoms with E-state index in [-0.39, 0.29) is 11.9 Å². The van der Waals surface area contributed by atoms with Crippen LogP contribution in [0.25, 0.3) is 0 Å². The molecule has 1 saturated heterocycles. The third kappa shape index (κ3) is 3.83. The first-order valence-corrected chi connectivity index (χ1v) is 7.75. The Bertz CT molecular complexity index is 610. The topological polar surface area (TPSA) is 25.4 Å². The third-order valence-corrected chi connectivity index (χ3v) is 4.10. The summed E-state index contributed by atoms with van der Waals surface area (Å²) in [4.78, 5) is 6.47. The second-order valence-electron chi connectivity index (χ2n) is 5.87. The molecule has 0 atom stereocenters. The Labute approximate surface area is 130 Å². The first-order valence-electron chi connectivity index (χ1n) is 7.75. The molecule has 116 valence electrons. The highest BCUT2D eigenvalue weighted by Crippen LogP contribution is 2.20. The lowest BCUT2D eigenvalue weighted by atomic mass is 10.1. The molecule has 1 aliphatic heterocycles. The molecule has 1 fully saturated rings. The number of aromatic nitrogens is 1. The van der Waals surface area contributed by atoms with Gasteiger partial charge < -0.3 is 4.74 Å². The zero-order valence-corrected chi connectivity index (χ0v) is 12.8. The molecule has 0 bridgehead atoms. The summed E-state index contributed by atoms with van der Waals surface area (Å²) >= 11 is 0. The molecule has 3 nitrogen and oxygen atoms in total. The number of hydrogen-bond acceptors (Lipinski definition) is 3. The molecule has 0 unspecified atom stereocenters. The Morgan fingerprint density at radius 1 is 1.27 bits per heavy atom. The van der Waals surface area contributed by atoms with Crippen molar-refractivity contribution in [2.75, 3.05) is 13.1 Å². The minimum Gasteiger partial charge on any atom is -0.489 e. The predicted octanol–water partition coefficient (Wildman–Crippen LogP) is 3.57. The summed E-state index contributed by atoms with van der Waals surface area (Å²) < 4.78 is 19.3. The molecular weight excluding hydrogens is 279 g/mol. The highest BCUT2D eigenvalue weighted by atomic mass is 19.1. The molecule has 2 aromatic rings. The summed E-state index contributed by atoms with van der Waals surface area (Å²) in [5.41, 5.74) is 1.89. The highest BCUT2D eigenvalue weighted by molar-refractivity contribution is 5.24. The lowest BCUT2D eigenvalue weighted by molar-refractivity contribution is 0.0965. The average molecular weight is 300 g/mol. The molecule has 0 amide bonds. The van der Waals surface area contributed by atoms with Crippen LogP contribution in [0, 0.1) is 12.7 Å². The summed E-state index contributed by atoms with van der Waals surface area (Å²) in [5.74, 6) is 0.711. The lowest BCUT2D eigenvalue weighted by Gasteiger charge is -2.32. The molecule has 0 radical (unpaired) electrons. The number of pyridine rings is 1. The van der Waals surface area contributed by atoms with Crippen molar-refractivity contribution in [2.24, 2.45) is 0 Å². The van der Waals surface area contributed by atoms with E-state index >= 15 is 0 Å². The fraction of sp³-hybridized carbons (Fsp3) is 0.389. The number of rotatable bonds is 4. The van der Waals surface area contributed by atoms with Gasteiger partial charge >= 0.3 is 0 Å². The monoisotopic (exact) mass is 300 g/mol. The van der Waals surface area contributed by atoms with Gasteiger partial charge in [-0.1, -0.05) is 12.1 Å². The van der Waals surface area contributed by atoms with Crippen LogP contribution in [-0.2, 0) is 6.54 Å². The number of nitrogens with zero attached hydrogens (tertiary/aromatic N) is 2. The Balaban J connectivity index is 1.50. The molecule has 0 spiro atoms. The van der Waals surface area contributed by atoms with Crippen LogP contribution in [0.4, 0.5) is 4.39 Å². The summed E-state index contributed by atoms with van der Waals surface area (Å²) in [7, 11) is 0. The van der Waals surface area contributed by atoms with Gasteiger partial charge in [-0.05, 0) is 49.1 Å². The number of aryl methyl sites for hydroxylation is 1. The van der Waals surface area contributed by atoms with E-state index in [0.29, 0.717) is 5.56 Å². The van der Waals surface area contributed by atoms with E-state index in [2.05, 4.69) is 9.88 Å². The molecule has 2 heterocycles. The van der Waals surface area contributed by atoms with Gasteiger partial charge in [0, 0.05) is 25.8 Å². The average Bonchev–Trinajstić information content (AvgIpc) is 2.54. The van der Waals surface area contributed by atoms with Crippen LogP contribution in [0.3, 0.4) is 0 Å². The number of piperidine rings is 1. The Kier molecular flexibility index (Phi) is 4.68. The maximum atomic E-state index is 13.3. The Morgan fingerprint density at radius 2 is 2.09 bits per heavy atom. The van der Waals surface area contributed by atoms with Crippen LogP contribution in [0.1, 0.15) is 24.0 Å². The standard InChI is InChI=1S/C18H21FN2O/c1-14-11-15(4-5-18(14)19)13-21-9-6-16(7-10-21)22-17-3-2-8-20-12-17/h2-5,8,11-12,16H,6-7,9-10,13H2,1H3. The van der Waals surface area contributed by atoms with E-state index in [1.807, 2.05) is 31.2 Å². The molecular formula is C18H21FN2O. The van der Waals surface area contributed by atoms with E-state index in [0.717, 1.165) is 38.2 Å². The van der Waals surface area contributed by atoms with Gasteiger partial charge in [0.2, 0.25) is 0 Å². The minimum atomic E-state index is -0.132. The molecule has 0 saturated carbocycles. The predicted molar refractivity (Wildman–Crippen MR) is 84.3 cm³/mol. The zero-order chi connectivity index (χ0) is 15.4. The van der Waals surface area contributed by atoms with Gasteiger partial charge in [-0.2, -0.15) is 0 Å². The van der Waals surface area contributed by atoms with Crippen LogP contribution >= 0.6 is 0 Å². The smallest absolute Gasteiger partial charge is 0.137 e. The van der Waals surface area contributed by atoms with Crippen LogP contribution in [0.15, 0.2) is 42.7 Å². The van der Waals surface area contributed by atoms with Crippen molar-refractivity contribution in [3.8, 4) is 5.75 Å². The number of benzene rings is 1. The Morgan fingerprint density at radius 3 is 2.77 bits per heavy atom. The first-order chi connectivity index (χ1) is 10.7. The largest absolute Gasteiger partial charge is 0.489 e. The van der Waals surface area contributed by atoms with Gasteiger partial charge in [0.25, 0.3) is 0 Å². The van der Waals surface area contributed by atoms with E-state index in [1.54, 1.807) is 18.5 Å². The van der Waals surface area contributed by atoms with Gasteiger partial charge in [-0.15, -0.1) is 0 Å². The molecule has 4 heteroatoms. The van der Waals surface area contributed by atoms with Gasteiger partial charge in [0.1, 0.15) is 17.7 Å². The van der Waals surface area contributed by atoms with E-state index in [9.17, 15) is 4.39 Å². The van der Waals surface area contributed by atoms with Crippen molar-refractivity contribution in [1.82, 2.24) is 9.88 Å². The maximum absolute atomic E-state index is 13.3. The fourth-order valence-electron chi connectivity index (χ4n) is 2.86. The number of ether oxygens (including phenoxy) is 1. The van der Waals surface area contributed by atoms with Crippen LogP contribution in [0.5, 0.6) is 5.75 Å². The summed E-state index contributed by atoms with van der Waals surface area (Å²) in [5, 5.41) is 0. The fourth-order valence-corrected chi connectivity index (χ4v) is 2.86. The second-order valence-corrected chi connectivity index (χ2v) is 5.87. The van der Waals surface area contributed by atoms with Crippen molar-refractivity contribution in [3.63, 3.8) is 0 Å². The molecule has 3 rings (SSSR count). The van der Waals surface area contributed by atoms with Crippen molar-refractivity contribution in [3.05, 3.63) is 59.7 Å². The van der Waals surface area contributed by atoms with Gasteiger partial charge in [0.05, 0.1) is 6.20 Å². The van der Waals surface area contributed by atoms with Crippen LogP contribution < -0.4 is 4.74 Å². The van der Waals surface area contributed by atoms with Crippen molar-refractivity contribution in [1.29, 1.82) is 0 Å². The third-order valence-electron chi connectivity index (χ3n) is 4.10. The summed E-state index contributed by atoms with van der Waals surface area (Å²) in [6.45, 7) is 4.69. The van der Waals surface area contributed by atoms with E-state index in [4.69, 9.17) is 4.74 Å². The summed E-state index contributed by atoms with van der Waals surface area (Å²) in [6, 6.07) is 9.21. The summed E-state index contributed by atoms with van der Waals surface area (Å²) in [6.07, 6.45) is 5.79. The molecule has 0 N–H and O–H groups in total. The first kappa shape index (κ1) is 15.0. The SMILES string of the molecule is Cc1cc(CN2CCC(Oc3cccnc3)CC2)ccc1F. The van der Waals surface area contributed by atoms with Gasteiger partial charge in [0.15, 0.2) is 0 Å². The van der Waals surface area contributed by atoms with Gasteiger partial charge in [-0.3, -0.25) is 9.88 Å². The van der Waals surface area contributed by atoms with E-state index in [1.165, 1.54) is 5.56 Å².